The largest absolute Gasteiger partial charge is 0.332 e. The Bertz CT molecular complexity index is 654. The Hall–Kier alpha value is -2.23. The van der Waals surface area contributed by atoms with Crippen LogP contribution in [-0.4, -0.2) is 17.4 Å². The highest BCUT2D eigenvalue weighted by Gasteiger charge is 2.30. The number of carbonyl (C=O) groups is 1. The Kier molecular flexibility index (Phi) is 3.69. The monoisotopic (exact) mass is 287 g/mol. The molecular formula is C17H15F2NO. The van der Waals surface area contributed by atoms with Crippen LogP contribution in [0, 0.1) is 11.6 Å². The number of rotatable bonds is 2. The van der Waals surface area contributed by atoms with E-state index in [-0.39, 0.29) is 23.6 Å². The van der Waals surface area contributed by atoms with E-state index in [4.69, 9.17) is 0 Å². The Morgan fingerprint density at radius 3 is 2.52 bits per heavy atom. The number of halogens is 2. The molecule has 3 rings (SSSR count). The molecule has 2 nitrogen and oxygen atoms in total. The van der Waals surface area contributed by atoms with Crippen LogP contribution in [0.3, 0.4) is 0 Å². The standard InChI is InChI=1S/C17H15F2NO/c18-14-8-6-12(7-9-14)17(21)20-10-2-5-16(20)13-3-1-4-15(19)11-13/h1,3-4,6-9,11,16H,2,5,10H2. The van der Waals surface area contributed by atoms with Crippen LogP contribution in [0.2, 0.25) is 0 Å². The number of benzene rings is 2. The van der Waals surface area contributed by atoms with E-state index in [2.05, 4.69) is 0 Å². The molecule has 0 aromatic heterocycles. The minimum atomic E-state index is -0.366. The quantitative estimate of drug-likeness (QED) is 0.819. The minimum Gasteiger partial charge on any atom is -0.332 e. The summed E-state index contributed by atoms with van der Waals surface area (Å²) in [5.41, 5.74) is 1.27. The Labute approximate surface area is 122 Å². The smallest absolute Gasteiger partial charge is 0.254 e. The molecule has 0 radical (unpaired) electrons. The van der Waals surface area contributed by atoms with Crippen LogP contribution >= 0.6 is 0 Å². The second kappa shape index (κ2) is 5.64. The fourth-order valence-corrected chi connectivity index (χ4v) is 2.83. The lowest BCUT2D eigenvalue weighted by Crippen LogP contribution is -2.30. The minimum absolute atomic E-state index is 0.113. The molecule has 1 aliphatic heterocycles. The van der Waals surface area contributed by atoms with Gasteiger partial charge in [0.05, 0.1) is 6.04 Å². The highest BCUT2D eigenvalue weighted by molar-refractivity contribution is 5.94. The van der Waals surface area contributed by atoms with E-state index >= 15 is 0 Å². The van der Waals surface area contributed by atoms with Crippen LogP contribution in [0.15, 0.2) is 48.5 Å². The van der Waals surface area contributed by atoms with Gasteiger partial charge in [-0.1, -0.05) is 12.1 Å². The summed E-state index contributed by atoms with van der Waals surface area (Å²) in [7, 11) is 0. The first kappa shape index (κ1) is 13.7. The zero-order valence-corrected chi connectivity index (χ0v) is 11.4. The van der Waals surface area contributed by atoms with Gasteiger partial charge in [-0.3, -0.25) is 4.79 Å². The van der Waals surface area contributed by atoms with E-state index in [0.717, 1.165) is 18.4 Å². The molecule has 1 saturated heterocycles. The topological polar surface area (TPSA) is 20.3 Å². The molecule has 2 aromatic carbocycles. The van der Waals surface area contributed by atoms with Crippen molar-refractivity contribution in [2.75, 3.05) is 6.54 Å². The predicted octanol–water partition coefficient (Wildman–Crippen LogP) is 3.94. The van der Waals surface area contributed by atoms with Gasteiger partial charge in [0.15, 0.2) is 0 Å². The van der Waals surface area contributed by atoms with Gasteiger partial charge in [0.25, 0.3) is 5.91 Å². The molecule has 4 heteroatoms. The van der Waals surface area contributed by atoms with Crippen molar-refractivity contribution < 1.29 is 13.6 Å². The summed E-state index contributed by atoms with van der Waals surface area (Å²) in [5.74, 6) is -0.801. The van der Waals surface area contributed by atoms with Crippen molar-refractivity contribution in [1.82, 2.24) is 4.90 Å². The molecule has 1 fully saturated rings. The molecule has 1 aliphatic rings. The summed E-state index contributed by atoms with van der Waals surface area (Å²) >= 11 is 0. The Morgan fingerprint density at radius 2 is 1.81 bits per heavy atom. The second-order valence-corrected chi connectivity index (χ2v) is 5.22. The van der Waals surface area contributed by atoms with E-state index in [1.807, 2.05) is 6.07 Å². The van der Waals surface area contributed by atoms with Crippen LogP contribution in [0.4, 0.5) is 8.78 Å². The third-order valence-electron chi connectivity index (χ3n) is 3.84. The van der Waals surface area contributed by atoms with Crippen molar-refractivity contribution >= 4 is 5.91 Å². The van der Waals surface area contributed by atoms with Crippen LogP contribution in [0.25, 0.3) is 0 Å². The highest BCUT2D eigenvalue weighted by atomic mass is 19.1. The fourth-order valence-electron chi connectivity index (χ4n) is 2.83. The third kappa shape index (κ3) is 2.79. The summed E-state index contributed by atoms with van der Waals surface area (Å²) in [6.07, 6.45) is 1.70. The van der Waals surface area contributed by atoms with E-state index in [1.54, 1.807) is 11.0 Å². The molecule has 0 saturated carbocycles. The van der Waals surface area contributed by atoms with Gasteiger partial charge in [-0.05, 0) is 54.8 Å². The van der Waals surface area contributed by atoms with Gasteiger partial charge >= 0.3 is 0 Å². The van der Waals surface area contributed by atoms with Gasteiger partial charge in [-0.25, -0.2) is 8.78 Å². The van der Waals surface area contributed by atoms with E-state index in [1.165, 1.54) is 36.4 Å². The molecule has 1 atom stereocenters. The normalized spacial score (nSPS) is 18.0. The SMILES string of the molecule is O=C(c1ccc(F)cc1)N1CCCC1c1cccc(F)c1. The molecule has 1 heterocycles. The first-order valence-corrected chi connectivity index (χ1v) is 6.97. The molecular weight excluding hydrogens is 272 g/mol. The molecule has 2 aromatic rings. The summed E-state index contributed by atoms with van der Waals surface area (Å²) in [6.45, 7) is 0.636. The van der Waals surface area contributed by atoms with Crippen LogP contribution in [0.5, 0.6) is 0 Å². The van der Waals surface area contributed by atoms with E-state index in [9.17, 15) is 13.6 Å². The molecule has 1 unspecified atom stereocenters. The molecule has 108 valence electrons. The van der Waals surface area contributed by atoms with Crippen molar-refractivity contribution in [1.29, 1.82) is 0 Å². The van der Waals surface area contributed by atoms with Crippen LogP contribution in [0.1, 0.15) is 34.8 Å². The van der Waals surface area contributed by atoms with Crippen molar-refractivity contribution in [2.45, 2.75) is 18.9 Å². The summed E-state index contributed by atoms with van der Waals surface area (Å²) < 4.78 is 26.3. The molecule has 0 bridgehead atoms. The lowest BCUT2D eigenvalue weighted by molar-refractivity contribution is 0.0735. The zero-order chi connectivity index (χ0) is 14.8. The lowest BCUT2D eigenvalue weighted by Gasteiger charge is -2.25. The molecule has 0 spiro atoms. The summed E-state index contributed by atoms with van der Waals surface area (Å²) in [4.78, 5) is 14.3. The molecule has 21 heavy (non-hydrogen) atoms. The maximum Gasteiger partial charge on any atom is 0.254 e. The Morgan fingerprint density at radius 1 is 1.05 bits per heavy atom. The highest BCUT2D eigenvalue weighted by Crippen LogP contribution is 2.33. The third-order valence-corrected chi connectivity index (χ3v) is 3.84. The first-order chi connectivity index (χ1) is 10.1. The number of amides is 1. The molecule has 0 N–H and O–H groups in total. The van der Waals surface area contributed by atoms with Crippen molar-refractivity contribution in [3.8, 4) is 0 Å². The molecule has 0 aliphatic carbocycles. The van der Waals surface area contributed by atoms with Crippen molar-refractivity contribution in [3.63, 3.8) is 0 Å². The van der Waals surface area contributed by atoms with Crippen molar-refractivity contribution in [3.05, 3.63) is 71.3 Å². The number of likely N-dealkylation sites (tertiary alicyclic amines) is 1. The number of nitrogens with zero attached hydrogens (tertiary/aromatic N) is 1. The summed E-state index contributed by atoms with van der Waals surface area (Å²) in [5, 5.41) is 0. The second-order valence-electron chi connectivity index (χ2n) is 5.22. The van der Waals surface area contributed by atoms with Gasteiger partial charge in [0, 0.05) is 12.1 Å². The number of hydrogen-bond acceptors (Lipinski definition) is 1. The fraction of sp³-hybridized carbons (Fsp3) is 0.235. The average molecular weight is 287 g/mol. The van der Waals surface area contributed by atoms with Gasteiger partial charge in [0.2, 0.25) is 0 Å². The van der Waals surface area contributed by atoms with Crippen molar-refractivity contribution in [2.24, 2.45) is 0 Å². The Balaban J connectivity index is 1.87. The van der Waals surface area contributed by atoms with Gasteiger partial charge < -0.3 is 4.90 Å². The van der Waals surface area contributed by atoms with E-state index in [0.29, 0.717) is 12.1 Å². The van der Waals surface area contributed by atoms with Crippen LogP contribution < -0.4 is 0 Å². The maximum atomic E-state index is 13.4. The predicted molar refractivity (Wildman–Crippen MR) is 75.8 cm³/mol. The van der Waals surface area contributed by atoms with E-state index < -0.39 is 0 Å². The number of hydrogen-bond donors (Lipinski definition) is 0. The van der Waals surface area contributed by atoms with Gasteiger partial charge in [0.1, 0.15) is 11.6 Å². The lowest BCUT2D eigenvalue weighted by atomic mass is 10.0. The first-order valence-electron chi connectivity index (χ1n) is 6.97. The maximum absolute atomic E-state index is 13.4. The van der Waals surface area contributed by atoms with Gasteiger partial charge in [-0.15, -0.1) is 0 Å². The van der Waals surface area contributed by atoms with Gasteiger partial charge in [-0.2, -0.15) is 0 Å². The zero-order valence-electron chi connectivity index (χ0n) is 11.4. The summed E-state index contributed by atoms with van der Waals surface area (Å²) in [6, 6.07) is 11.8. The molecule has 1 amide bonds. The average Bonchev–Trinajstić information content (AvgIpc) is 2.97. The number of carbonyl (C=O) groups excluding carboxylic acids is 1. The van der Waals surface area contributed by atoms with Crippen LogP contribution in [-0.2, 0) is 0 Å².